The first-order chi connectivity index (χ1) is 8.15. The summed E-state index contributed by atoms with van der Waals surface area (Å²) in [5, 5.41) is 0. The molecular formula is C12H17NO2S2. The smallest absolute Gasteiger partial charge is 0.235 e. The van der Waals surface area contributed by atoms with E-state index in [2.05, 4.69) is 0 Å². The molecule has 1 aromatic carbocycles. The van der Waals surface area contributed by atoms with Crippen molar-refractivity contribution < 1.29 is 8.42 Å². The number of nitrogens with zero attached hydrogens (tertiary/aromatic N) is 1. The van der Waals surface area contributed by atoms with Gasteiger partial charge in [0.05, 0.1) is 11.4 Å². The summed E-state index contributed by atoms with van der Waals surface area (Å²) in [5.74, 6) is 1.09. The fourth-order valence-corrected chi connectivity index (χ4v) is 4.74. The standard InChI is InChI=1S/C12H17NO2S2/c1-2-3-10-17(14,15)13-8-9-16-12-7-5-4-6-11(12)13/h4-7H,2-3,8-10H2,1H3. The third-order valence-electron chi connectivity index (χ3n) is 2.78. The second kappa shape index (κ2) is 5.31. The predicted octanol–water partition coefficient (Wildman–Crippen LogP) is 2.73. The van der Waals surface area contributed by atoms with E-state index >= 15 is 0 Å². The Balaban J connectivity index is 2.29. The molecule has 94 valence electrons. The van der Waals surface area contributed by atoms with Crippen LogP contribution >= 0.6 is 11.8 Å². The molecule has 1 aliphatic rings. The van der Waals surface area contributed by atoms with Gasteiger partial charge < -0.3 is 0 Å². The maximum absolute atomic E-state index is 12.2. The molecule has 0 saturated heterocycles. The van der Waals surface area contributed by atoms with E-state index < -0.39 is 10.0 Å². The van der Waals surface area contributed by atoms with Crippen LogP contribution in [0.15, 0.2) is 29.2 Å². The molecule has 0 bridgehead atoms. The lowest BCUT2D eigenvalue weighted by Gasteiger charge is -2.29. The molecular weight excluding hydrogens is 254 g/mol. The van der Waals surface area contributed by atoms with Crippen LogP contribution in [-0.4, -0.2) is 26.5 Å². The van der Waals surface area contributed by atoms with Crippen LogP contribution in [0.1, 0.15) is 19.8 Å². The summed E-state index contributed by atoms with van der Waals surface area (Å²) in [6, 6.07) is 7.73. The Morgan fingerprint density at radius 1 is 1.35 bits per heavy atom. The van der Waals surface area contributed by atoms with E-state index in [0.717, 1.165) is 29.2 Å². The molecule has 1 aromatic rings. The minimum Gasteiger partial charge on any atom is -0.268 e. The summed E-state index contributed by atoms with van der Waals surface area (Å²) in [4.78, 5) is 1.07. The zero-order valence-corrected chi connectivity index (χ0v) is 11.6. The van der Waals surface area contributed by atoms with Gasteiger partial charge in [0.1, 0.15) is 0 Å². The van der Waals surface area contributed by atoms with E-state index in [4.69, 9.17) is 0 Å². The maximum atomic E-state index is 12.2. The second-order valence-electron chi connectivity index (χ2n) is 4.06. The highest BCUT2D eigenvalue weighted by Gasteiger charge is 2.26. The van der Waals surface area contributed by atoms with Crippen LogP contribution in [0.4, 0.5) is 5.69 Å². The van der Waals surface area contributed by atoms with Crippen molar-refractivity contribution in [3.63, 3.8) is 0 Å². The number of hydrogen-bond donors (Lipinski definition) is 0. The Morgan fingerprint density at radius 2 is 2.12 bits per heavy atom. The third-order valence-corrected chi connectivity index (χ3v) is 5.68. The molecule has 2 rings (SSSR count). The molecule has 0 amide bonds. The highest BCUT2D eigenvalue weighted by molar-refractivity contribution is 8.00. The van der Waals surface area contributed by atoms with E-state index in [-0.39, 0.29) is 5.75 Å². The Labute approximate surface area is 107 Å². The van der Waals surface area contributed by atoms with Crippen molar-refractivity contribution in [1.82, 2.24) is 0 Å². The topological polar surface area (TPSA) is 37.4 Å². The Morgan fingerprint density at radius 3 is 2.88 bits per heavy atom. The van der Waals surface area contributed by atoms with Gasteiger partial charge in [0.15, 0.2) is 0 Å². The SMILES string of the molecule is CCCCS(=O)(=O)N1CCSc2ccccc21. The third kappa shape index (κ3) is 2.77. The number of sulfonamides is 1. The molecule has 0 aliphatic carbocycles. The summed E-state index contributed by atoms with van der Waals surface area (Å²) in [6.07, 6.45) is 1.64. The van der Waals surface area contributed by atoms with Gasteiger partial charge in [-0.2, -0.15) is 0 Å². The van der Waals surface area contributed by atoms with Crippen LogP contribution in [0.3, 0.4) is 0 Å². The number of unbranched alkanes of at least 4 members (excludes halogenated alkanes) is 1. The average molecular weight is 271 g/mol. The summed E-state index contributed by atoms with van der Waals surface area (Å²) in [5.41, 5.74) is 0.847. The minimum atomic E-state index is -3.14. The zero-order chi connectivity index (χ0) is 12.3. The molecule has 0 spiro atoms. The number of rotatable bonds is 4. The highest BCUT2D eigenvalue weighted by atomic mass is 32.2. The normalized spacial score (nSPS) is 15.7. The molecule has 0 fully saturated rings. The van der Waals surface area contributed by atoms with Crippen molar-refractivity contribution in [3.05, 3.63) is 24.3 Å². The number of fused-ring (bicyclic) bond motifs is 1. The highest BCUT2D eigenvalue weighted by Crippen LogP contribution is 2.35. The van der Waals surface area contributed by atoms with E-state index in [9.17, 15) is 8.42 Å². The number of thioether (sulfide) groups is 1. The number of benzene rings is 1. The molecule has 1 aliphatic heterocycles. The van der Waals surface area contributed by atoms with Gasteiger partial charge in [0, 0.05) is 17.2 Å². The Bertz CT molecular complexity index is 485. The lowest BCUT2D eigenvalue weighted by molar-refractivity contribution is 0.588. The quantitative estimate of drug-likeness (QED) is 0.845. The maximum Gasteiger partial charge on any atom is 0.235 e. The largest absolute Gasteiger partial charge is 0.268 e. The predicted molar refractivity (Wildman–Crippen MR) is 73.2 cm³/mol. The average Bonchev–Trinajstić information content (AvgIpc) is 2.36. The van der Waals surface area contributed by atoms with Gasteiger partial charge in [0.2, 0.25) is 10.0 Å². The molecule has 0 saturated carbocycles. The first-order valence-electron chi connectivity index (χ1n) is 5.87. The van der Waals surface area contributed by atoms with Gasteiger partial charge >= 0.3 is 0 Å². The summed E-state index contributed by atoms with van der Waals surface area (Å²) in [7, 11) is -3.14. The number of para-hydroxylation sites is 1. The van der Waals surface area contributed by atoms with Gasteiger partial charge in [-0.1, -0.05) is 25.5 Å². The zero-order valence-electron chi connectivity index (χ0n) is 9.93. The van der Waals surface area contributed by atoms with Crippen molar-refractivity contribution >= 4 is 27.5 Å². The van der Waals surface area contributed by atoms with Crippen molar-refractivity contribution in [2.24, 2.45) is 0 Å². The van der Waals surface area contributed by atoms with Gasteiger partial charge in [-0.15, -0.1) is 11.8 Å². The molecule has 0 N–H and O–H groups in total. The van der Waals surface area contributed by atoms with Gasteiger partial charge in [-0.3, -0.25) is 4.31 Å². The first-order valence-corrected chi connectivity index (χ1v) is 8.47. The molecule has 0 unspecified atom stereocenters. The Kier molecular flexibility index (Phi) is 3.99. The van der Waals surface area contributed by atoms with E-state index in [1.54, 1.807) is 16.1 Å². The van der Waals surface area contributed by atoms with Gasteiger partial charge in [-0.05, 0) is 18.6 Å². The minimum absolute atomic E-state index is 0.252. The first kappa shape index (κ1) is 12.8. The number of hydrogen-bond acceptors (Lipinski definition) is 3. The molecule has 5 heteroatoms. The number of anilines is 1. The van der Waals surface area contributed by atoms with Crippen molar-refractivity contribution in [2.75, 3.05) is 22.4 Å². The fraction of sp³-hybridized carbons (Fsp3) is 0.500. The van der Waals surface area contributed by atoms with Crippen LogP contribution in [-0.2, 0) is 10.0 Å². The monoisotopic (exact) mass is 271 g/mol. The molecule has 0 atom stereocenters. The molecule has 0 radical (unpaired) electrons. The summed E-state index contributed by atoms with van der Waals surface area (Å²) in [6.45, 7) is 2.60. The molecule has 0 aromatic heterocycles. The van der Waals surface area contributed by atoms with Crippen molar-refractivity contribution in [2.45, 2.75) is 24.7 Å². The van der Waals surface area contributed by atoms with Gasteiger partial charge in [-0.25, -0.2) is 8.42 Å². The summed E-state index contributed by atoms with van der Waals surface area (Å²) >= 11 is 1.73. The van der Waals surface area contributed by atoms with Gasteiger partial charge in [0.25, 0.3) is 0 Å². The van der Waals surface area contributed by atoms with Crippen LogP contribution in [0.5, 0.6) is 0 Å². The van der Waals surface area contributed by atoms with Crippen LogP contribution in [0.2, 0.25) is 0 Å². The molecule has 17 heavy (non-hydrogen) atoms. The molecule has 1 heterocycles. The lowest BCUT2D eigenvalue weighted by Crippen LogP contribution is -2.37. The van der Waals surface area contributed by atoms with E-state index in [0.29, 0.717) is 6.54 Å². The Hall–Kier alpha value is -0.680. The van der Waals surface area contributed by atoms with Crippen LogP contribution in [0.25, 0.3) is 0 Å². The second-order valence-corrected chi connectivity index (χ2v) is 7.21. The van der Waals surface area contributed by atoms with Crippen LogP contribution in [0, 0.1) is 0 Å². The van der Waals surface area contributed by atoms with E-state index in [1.165, 1.54) is 0 Å². The van der Waals surface area contributed by atoms with Crippen molar-refractivity contribution in [1.29, 1.82) is 0 Å². The lowest BCUT2D eigenvalue weighted by atomic mass is 10.3. The van der Waals surface area contributed by atoms with E-state index in [1.807, 2.05) is 31.2 Å². The molecule has 3 nitrogen and oxygen atoms in total. The van der Waals surface area contributed by atoms with Crippen molar-refractivity contribution in [3.8, 4) is 0 Å². The summed E-state index contributed by atoms with van der Waals surface area (Å²) < 4.78 is 26.0. The van der Waals surface area contributed by atoms with Crippen LogP contribution < -0.4 is 4.31 Å². The fourth-order valence-electron chi connectivity index (χ4n) is 1.87.